The monoisotopic (exact) mass is 324 g/mol. The van der Waals surface area contributed by atoms with E-state index >= 15 is 0 Å². The topological polar surface area (TPSA) is 27.7 Å². The van der Waals surface area contributed by atoms with Gasteiger partial charge in [0.05, 0.1) is 18.3 Å². The fourth-order valence-corrected chi connectivity index (χ4v) is 2.81. The quantitative estimate of drug-likeness (QED) is 0.805. The number of rotatable bonds is 4. The minimum atomic E-state index is -0.316. The van der Waals surface area contributed by atoms with Crippen molar-refractivity contribution < 1.29 is 14.0 Å². The van der Waals surface area contributed by atoms with Gasteiger partial charge in [-0.1, -0.05) is 36.4 Å². The van der Waals surface area contributed by atoms with Crippen LogP contribution in [0.4, 0.5) is 0 Å². The number of hydrogen-bond donors (Lipinski definition) is 0. The lowest BCUT2D eigenvalue weighted by Gasteiger charge is -2.32. The Hall–Kier alpha value is -1.78. The van der Waals surface area contributed by atoms with Crippen LogP contribution in [0.25, 0.3) is 0 Å². The van der Waals surface area contributed by atoms with Crippen molar-refractivity contribution >= 4 is 12.6 Å². The number of ether oxygens (including phenoxy) is 1. The Morgan fingerprint density at radius 3 is 2.08 bits per heavy atom. The van der Waals surface area contributed by atoms with Crippen molar-refractivity contribution in [3.8, 4) is 5.75 Å². The highest BCUT2D eigenvalue weighted by Crippen LogP contribution is 2.36. The second-order valence-electron chi connectivity index (χ2n) is 7.36. The first-order valence-electron chi connectivity index (χ1n) is 8.38. The molecular formula is C20H25BO3. The van der Waals surface area contributed by atoms with E-state index in [1.807, 2.05) is 12.1 Å². The van der Waals surface area contributed by atoms with Gasteiger partial charge < -0.3 is 14.0 Å². The summed E-state index contributed by atoms with van der Waals surface area (Å²) in [6, 6.07) is 16.6. The zero-order chi connectivity index (χ0) is 17.4. The van der Waals surface area contributed by atoms with Crippen LogP contribution in [0.5, 0.6) is 5.75 Å². The molecule has 0 saturated carbocycles. The van der Waals surface area contributed by atoms with Gasteiger partial charge in [-0.15, -0.1) is 0 Å². The van der Waals surface area contributed by atoms with E-state index in [0.29, 0.717) is 0 Å². The molecule has 0 amide bonds. The van der Waals surface area contributed by atoms with Crippen LogP contribution >= 0.6 is 0 Å². The molecular weight excluding hydrogens is 299 g/mol. The van der Waals surface area contributed by atoms with Crippen molar-refractivity contribution in [1.29, 1.82) is 0 Å². The fraction of sp³-hybridized carbons (Fsp3) is 0.400. The molecule has 1 aliphatic heterocycles. The molecule has 1 aliphatic rings. The number of benzene rings is 2. The van der Waals surface area contributed by atoms with Gasteiger partial charge >= 0.3 is 7.12 Å². The van der Waals surface area contributed by atoms with Crippen molar-refractivity contribution in [1.82, 2.24) is 0 Å². The molecule has 1 fully saturated rings. The van der Waals surface area contributed by atoms with E-state index in [4.69, 9.17) is 14.0 Å². The lowest BCUT2D eigenvalue weighted by atomic mass is 9.78. The molecule has 0 aliphatic carbocycles. The molecule has 0 atom stereocenters. The first-order chi connectivity index (χ1) is 11.3. The minimum Gasteiger partial charge on any atom is -0.497 e. The zero-order valence-electron chi connectivity index (χ0n) is 15.1. The second kappa shape index (κ2) is 6.27. The molecule has 2 aromatic rings. The summed E-state index contributed by atoms with van der Waals surface area (Å²) in [5.41, 5.74) is 2.93. The highest BCUT2D eigenvalue weighted by atomic mass is 16.7. The Kier molecular flexibility index (Phi) is 4.45. The summed E-state index contributed by atoms with van der Waals surface area (Å²) in [6.45, 7) is 8.31. The molecule has 1 saturated heterocycles. The molecule has 3 nitrogen and oxygen atoms in total. The van der Waals surface area contributed by atoms with Gasteiger partial charge in [0, 0.05) is 0 Å². The van der Waals surface area contributed by atoms with E-state index in [-0.39, 0.29) is 18.3 Å². The summed E-state index contributed by atoms with van der Waals surface area (Å²) in [5.74, 6) is 0.879. The van der Waals surface area contributed by atoms with Crippen molar-refractivity contribution in [2.45, 2.75) is 45.3 Å². The van der Waals surface area contributed by atoms with Crippen molar-refractivity contribution in [3.05, 3.63) is 59.7 Å². The Bertz CT molecular complexity index is 691. The lowest BCUT2D eigenvalue weighted by Crippen LogP contribution is -2.41. The molecule has 2 aromatic carbocycles. The van der Waals surface area contributed by atoms with Gasteiger partial charge in [-0.05, 0) is 62.8 Å². The standard InChI is InChI=1S/C20H25BO3/c1-19(2)20(3,4)24-21(23-19)17-8-6-7-16(14-17)13-15-9-11-18(22-5)12-10-15/h6-12,14H,13H2,1-5H3. The molecule has 0 bridgehead atoms. The van der Waals surface area contributed by atoms with Crippen LogP contribution in [0.2, 0.25) is 0 Å². The van der Waals surface area contributed by atoms with E-state index in [0.717, 1.165) is 17.6 Å². The van der Waals surface area contributed by atoms with Crippen LogP contribution in [0.1, 0.15) is 38.8 Å². The summed E-state index contributed by atoms with van der Waals surface area (Å²) >= 11 is 0. The van der Waals surface area contributed by atoms with Gasteiger partial charge in [0.2, 0.25) is 0 Å². The maximum absolute atomic E-state index is 6.15. The summed E-state index contributed by atoms with van der Waals surface area (Å²) in [4.78, 5) is 0. The largest absolute Gasteiger partial charge is 0.497 e. The highest BCUT2D eigenvalue weighted by molar-refractivity contribution is 6.62. The number of hydrogen-bond acceptors (Lipinski definition) is 3. The highest BCUT2D eigenvalue weighted by Gasteiger charge is 2.51. The SMILES string of the molecule is COc1ccc(Cc2cccc(B3OC(C)(C)C(C)(C)O3)c2)cc1. The Balaban J connectivity index is 1.77. The smallest absolute Gasteiger partial charge is 0.494 e. The molecule has 24 heavy (non-hydrogen) atoms. The van der Waals surface area contributed by atoms with E-state index in [9.17, 15) is 0 Å². The van der Waals surface area contributed by atoms with Gasteiger partial charge in [0.15, 0.2) is 0 Å². The maximum atomic E-state index is 6.15. The molecule has 0 N–H and O–H groups in total. The van der Waals surface area contributed by atoms with Crippen molar-refractivity contribution in [2.24, 2.45) is 0 Å². The molecule has 4 heteroatoms. The van der Waals surface area contributed by atoms with Crippen LogP contribution in [-0.4, -0.2) is 25.4 Å². The van der Waals surface area contributed by atoms with Crippen LogP contribution in [0, 0.1) is 0 Å². The molecule has 126 valence electrons. The maximum Gasteiger partial charge on any atom is 0.494 e. The van der Waals surface area contributed by atoms with E-state index in [2.05, 4.69) is 64.1 Å². The Morgan fingerprint density at radius 1 is 0.875 bits per heavy atom. The second-order valence-corrected chi connectivity index (χ2v) is 7.36. The van der Waals surface area contributed by atoms with Gasteiger partial charge in [-0.25, -0.2) is 0 Å². The van der Waals surface area contributed by atoms with Gasteiger partial charge in [0.25, 0.3) is 0 Å². The molecule has 1 heterocycles. The predicted octanol–water partition coefficient (Wildman–Crippen LogP) is 3.59. The summed E-state index contributed by atoms with van der Waals surface area (Å²) in [7, 11) is 1.37. The van der Waals surface area contributed by atoms with Crippen LogP contribution < -0.4 is 10.2 Å². The molecule has 3 rings (SSSR count). The average Bonchev–Trinajstić information content (AvgIpc) is 2.76. The normalized spacial score (nSPS) is 18.6. The Morgan fingerprint density at radius 2 is 1.50 bits per heavy atom. The van der Waals surface area contributed by atoms with Crippen LogP contribution in [0.15, 0.2) is 48.5 Å². The van der Waals surface area contributed by atoms with Crippen LogP contribution in [0.3, 0.4) is 0 Å². The van der Waals surface area contributed by atoms with Crippen LogP contribution in [-0.2, 0) is 15.7 Å². The van der Waals surface area contributed by atoms with E-state index in [1.165, 1.54) is 11.1 Å². The molecule has 0 spiro atoms. The summed E-state index contributed by atoms with van der Waals surface area (Å²) < 4.78 is 17.5. The minimum absolute atomic E-state index is 0.314. The third-order valence-electron chi connectivity index (χ3n) is 5.04. The van der Waals surface area contributed by atoms with Crippen molar-refractivity contribution in [3.63, 3.8) is 0 Å². The first kappa shape index (κ1) is 17.1. The average molecular weight is 324 g/mol. The first-order valence-corrected chi connectivity index (χ1v) is 8.38. The number of methoxy groups -OCH3 is 1. The third-order valence-corrected chi connectivity index (χ3v) is 5.04. The molecule has 0 unspecified atom stereocenters. The van der Waals surface area contributed by atoms with E-state index < -0.39 is 0 Å². The third kappa shape index (κ3) is 3.35. The lowest BCUT2D eigenvalue weighted by molar-refractivity contribution is 0.00578. The summed E-state index contributed by atoms with van der Waals surface area (Å²) in [6.07, 6.45) is 0.872. The van der Waals surface area contributed by atoms with Crippen molar-refractivity contribution in [2.75, 3.05) is 7.11 Å². The van der Waals surface area contributed by atoms with E-state index in [1.54, 1.807) is 7.11 Å². The summed E-state index contributed by atoms with van der Waals surface area (Å²) in [5, 5.41) is 0. The van der Waals surface area contributed by atoms with Gasteiger partial charge in [-0.2, -0.15) is 0 Å². The fourth-order valence-electron chi connectivity index (χ4n) is 2.81. The Labute approximate surface area is 145 Å². The molecule has 0 radical (unpaired) electrons. The molecule has 0 aromatic heterocycles. The zero-order valence-corrected chi connectivity index (χ0v) is 15.1. The predicted molar refractivity (Wildman–Crippen MR) is 98.0 cm³/mol. The van der Waals surface area contributed by atoms with Gasteiger partial charge in [0.1, 0.15) is 5.75 Å². The van der Waals surface area contributed by atoms with Gasteiger partial charge in [-0.3, -0.25) is 0 Å².